The van der Waals surface area contributed by atoms with Gasteiger partial charge in [-0.1, -0.05) is 18.7 Å². The number of likely N-dealkylation sites (N-methyl/N-ethyl adjacent to an activating group) is 1. The number of amides is 1. The third kappa shape index (κ3) is 3.65. The zero-order chi connectivity index (χ0) is 13.9. The number of amidine groups is 1. The van der Waals surface area contributed by atoms with E-state index in [2.05, 4.69) is 22.5 Å². The number of nitrogens with one attached hydrogen (secondary N) is 2. The minimum atomic E-state index is -0.299. The lowest BCUT2D eigenvalue weighted by Crippen LogP contribution is -2.46. The van der Waals surface area contributed by atoms with E-state index in [0.717, 1.165) is 16.8 Å². The summed E-state index contributed by atoms with van der Waals surface area (Å²) in [5.74, 6) is 1.96. The average molecular weight is 283 g/mol. The number of rotatable bonds is 3. The average Bonchev–Trinajstić information content (AvgIpc) is 2.77. The van der Waals surface area contributed by atoms with Gasteiger partial charge in [0.2, 0.25) is 5.91 Å². The van der Waals surface area contributed by atoms with Crippen LogP contribution in [0.25, 0.3) is 0 Å². The predicted molar refractivity (Wildman–Crippen MR) is 81.5 cm³/mol. The molecular weight excluding hydrogens is 258 g/mol. The van der Waals surface area contributed by atoms with Crippen molar-refractivity contribution in [1.82, 2.24) is 10.6 Å². The van der Waals surface area contributed by atoms with Crippen LogP contribution in [0.3, 0.4) is 0 Å². The molecule has 0 bridgehead atoms. The first-order valence-corrected chi connectivity index (χ1v) is 8.30. The first-order chi connectivity index (χ1) is 9.04. The molecule has 1 heterocycles. The molecule has 0 aromatic carbocycles. The second-order valence-corrected chi connectivity index (χ2v) is 6.85. The van der Waals surface area contributed by atoms with Gasteiger partial charge in [0.05, 0.1) is 0 Å². The fraction of sp³-hybridized carbons (Fsp3) is 0.857. The fourth-order valence-corrected chi connectivity index (χ4v) is 4.01. The summed E-state index contributed by atoms with van der Waals surface area (Å²) in [7, 11) is 0. The lowest BCUT2D eigenvalue weighted by Gasteiger charge is -2.35. The van der Waals surface area contributed by atoms with E-state index in [0.29, 0.717) is 6.54 Å². The van der Waals surface area contributed by atoms with Crippen LogP contribution in [0, 0.1) is 5.92 Å². The smallest absolute Gasteiger partial charge is 0.244 e. The van der Waals surface area contributed by atoms with Gasteiger partial charge in [-0.15, -0.1) is 0 Å². The number of carbonyl (C=O) groups is 1. The molecule has 2 N–H and O–H groups in total. The van der Waals surface area contributed by atoms with Crippen molar-refractivity contribution < 1.29 is 4.79 Å². The van der Waals surface area contributed by atoms with E-state index in [9.17, 15) is 4.79 Å². The molecule has 0 aromatic rings. The van der Waals surface area contributed by atoms with Crippen LogP contribution in [0.2, 0.25) is 0 Å². The van der Waals surface area contributed by atoms with Crippen LogP contribution < -0.4 is 10.6 Å². The van der Waals surface area contributed by atoms with Gasteiger partial charge in [-0.2, -0.15) is 0 Å². The number of aliphatic imine (C=N–C) groups is 1. The van der Waals surface area contributed by atoms with Crippen molar-refractivity contribution in [3.8, 4) is 0 Å². The molecule has 1 saturated carbocycles. The van der Waals surface area contributed by atoms with E-state index in [-0.39, 0.29) is 17.5 Å². The molecule has 1 saturated heterocycles. The van der Waals surface area contributed by atoms with Crippen LogP contribution >= 0.6 is 11.8 Å². The number of hydrogen-bond donors (Lipinski definition) is 2. The summed E-state index contributed by atoms with van der Waals surface area (Å²) in [4.78, 5) is 16.2. The van der Waals surface area contributed by atoms with Crippen LogP contribution in [0.1, 0.15) is 46.5 Å². The van der Waals surface area contributed by atoms with Gasteiger partial charge in [0, 0.05) is 17.8 Å². The minimum absolute atomic E-state index is 0.00983. The minimum Gasteiger partial charge on any atom is -0.359 e. The van der Waals surface area contributed by atoms with Crippen molar-refractivity contribution in [3.05, 3.63) is 0 Å². The van der Waals surface area contributed by atoms with Crippen LogP contribution in [-0.4, -0.2) is 35.0 Å². The summed E-state index contributed by atoms with van der Waals surface area (Å²) in [5, 5.41) is 7.35. The second-order valence-electron chi connectivity index (χ2n) is 5.88. The largest absolute Gasteiger partial charge is 0.359 e. The summed E-state index contributed by atoms with van der Waals surface area (Å²) in [5.41, 5.74) is 0.247. The Balaban J connectivity index is 1.92. The van der Waals surface area contributed by atoms with E-state index in [1.54, 1.807) is 11.8 Å². The Bertz CT molecular complexity index is 362. The van der Waals surface area contributed by atoms with E-state index >= 15 is 0 Å². The summed E-state index contributed by atoms with van der Waals surface area (Å²) in [6.45, 7) is 6.78. The maximum atomic E-state index is 11.7. The topological polar surface area (TPSA) is 53.5 Å². The van der Waals surface area contributed by atoms with Crippen molar-refractivity contribution in [2.45, 2.75) is 58.0 Å². The third-order valence-corrected chi connectivity index (χ3v) is 5.31. The molecule has 108 valence electrons. The standard InChI is InChI=1S/C14H25N3OS/c1-4-15-12(18)11(3)16-13-17-14(9-19-13)7-5-10(2)6-8-14/h10-11H,4-9H2,1-3H3,(H,15,18)(H,16,17). The van der Waals surface area contributed by atoms with Crippen molar-refractivity contribution >= 4 is 22.8 Å². The highest BCUT2D eigenvalue weighted by molar-refractivity contribution is 8.14. The third-order valence-electron chi connectivity index (χ3n) is 4.13. The molecule has 5 heteroatoms. The van der Waals surface area contributed by atoms with Crippen molar-refractivity contribution in [2.24, 2.45) is 10.9 Å². The number of hydrogen-bond acceptors (Lipinski definition) is 3. The number of nitrogens with zero attached hydrogens (tertiary/aromatic N) is 1. The zero-order valence-corrected chi connectivity index (χ0v) is 13.0. The van der Waals surface area contributed by atoms with E-state index < -0.39 is 0 Å². The molecule has 1 aliphatic heterocycles. The first kappa shape index (κ1) is 14.7. The Hall–Kier alpha value is -0.710. The van der Waals surface area contributed by atoms with E-state index in [1.807, 2.05) is 13.8 Å². The van der Waals surface area contributed by atoms with Crippen molar-refractivity contribution in [2.75, 3.05) is 12.3 Å². The van der Waals surface area contributed by atoms with Crippen LogP contribution in [-0.2, 0) is 4.79 Å². The molecule has 1 atom stereocenters. The van der Waals surface area contributed by atoms with E-state index in [1.165, 1.54) is 25.7 Å². The summed E-state index contributed by atoms with van der Waals surface area (Å²) in [6, 6.07) is -0.299. The Kier molecular flexibility index (Phi) is 4.76. The lowest BCUT2D eigenvalue weighted by molar-refractivity contribution is -0.121. The molecule has 2 aliphatic rings. The molecule has 2 fully saturated rings. The molecule has 1 aliphatic carbocycles. The number of carbonyl (C=O) groups excluding carboxylic acids is 1. The molecule has 2 rings (SSSR count). The monoisotopic (exact) mass is 283 g/mol. The van der Waals surface area contributed by atoms with Gasteiger partial charge in [0.25, 0.3) is 0 Å². The molecule has 0 aromatic heterocycles. The highest BCUT2D eigenvalue weighted by Crippen LogP contribution is 2.38. The normalized spacial score (nSPS) is 34.3. The Morgan fingerprint density at radius 2 is 2.26 bits per heavy atom. The molecule has 1 amide bonds. The molecule has 19 heavy (non-hydrogen) atoms. The van der Waals surface area contributed by atoms with Crippen LogP contribution in [0.15, 0.2) is 4.99 Å². The Morgan fingerprint density at radius 3 is 2.89 bits per heavy atom. The summed E-state index contributed by atoms with van der Waals surface area (Å²) in [6.07, 6.45) is 5.06. The highest BCUT2D eigenvalue weighted by Gasteiger charge is 2.39. The molecule has 4 nitrogen and oxygen atoms in total. The highest BCUT2D eigenvalue weighted by atomic mass is 32.2. The van der Waals surface area contributed by atoms with E-state index in [4.69, 9.17) is 0 Å². The van der Waals surface area contributed by atoms with Crippen molar-refractivity contribution in [1.29, 1.82) is 0 Å². The first-order valence-electron chi connectivity index (χ1n) is 7.31. The quantitative estimate of drug-likeness (QED) is 0.834. The molecular formula is C14H25N3OS. The summed E-state index contributed by atoms with van der Waals surface area (Å²) < 4.78 is 0. The van der Waals surface area contributed by atoms with Gasteiger partial charge < -0.3 is 10.6 Å². The Labute approximate surface area is 120 Å². The molecule has 1 spiro atoms. The van der Waals surface area contributed by atoms with Crippen molar-refractivity contribution in [3.63, 3.8) is 0 Å². The zero-order valence-electron chi connectivity index (χ0n) is 12.2. The van der Waals surface area contributed by atoms with Gasteiger partial charge in [0.1, 0.15) is 6.04 Å². The fourth-order valence-electron chi connectivity index (χ4n) is 2.72. The van der Waals surface area contributed by atoms with Gasteiger partial charge >= 0.3 is 0 Å². The van der Waals surface area contributed by atoms with Crippen LogP contribution in [0.4, 0.5) is 0 Å². The predicted octanol–water partition coefficient (Wildman–Crippen LogP) is 2.15. The van der Waals surface area contributed by atoms with Gasteiger partial charge in [-0.25, -0.2) is 4.99 Å². The van der Waals surface area contributed by atoms with Gasteiger partial charge in [0.15, 0.2) is 5.17 Å². The SMILES string of the molecule is CCNC(=O)C(C)N=C1NC2(CCC(C)CC2)CS1. The van der Waals surface area contributed by atoms with Crippen LogP contribution in [0.5, 0.6) is 0 Å². The number of thioether (sulfide) groups is 1. The summed E-state index contributed by atoms with van der Waals surface area (Å²) >= 11 is 1.77. The molecule has 0 radical (unpaired) electrons. The van der Waals surface area contributed by atoms with Gasteiger partial charge in [-0.05, 0) is 45.4 Å². The maximum Gasteiger partial charge on any atom is 0.244 e. The van der Waals surface area contributed by atoms with Gasteiger partial charge in [-0.3, -0.25) is 4.79 Å². The second kappa shape index (κ2) is 6.16. The Morgan fingerprint density at radius 1 is 1.58 bits per heavy atom. The molecule has 1 unspecified atom stereocenters. The maximum absolute atomic E-state index is 11.7. The lowest BCUT2D eigenvalue weighted by atomic mass is 9.78.